The van der Waals surface area contributed by atoms with Gasteiger partial charge in [0, 0.05) is 0 Å². The third-order valence-corrected chi connectivity index (χ3v) is 3.43. The molecule has 0 bridgehead atoms. The zero-order chi connectivity index (χ0) is 10.0. The molecule has 0 aromatic heterocycles. The second-order valence-electron chi connectivity index (χ2n) is 4.09. The van der Waals surface area contributed by atoms with Crippen molar-refractivity contribution in [2.75, 3.05) is 0 Å². The molecule has 0 N–H and O–H groups in total. The molecule has 0 unspecified atom stereocenters. The average Bonchev–Trinajstić information content (AvgIpc) is 2.03. The van der Waals surface area contributed by atoms with Crippen LogP contribution in [0.1, 0.15) is 50.7 Å². The molecule has 0 aliphatic heterocycles. The molecule has 0 heterocycles. The van der Waals surface area contributed by atoms with Gasteiger partial charge in [-0.1, -0.05) is 0 Å². The predicted octanol–water partition coefficient (Wildman–Crippen LogP) is 2.73. The first-order chi connectivity index (χ1) is 6.04. The van der Waals surface area contributed by atoms with E-state index in [1.807, 2.05) is 0 Å². The van der Waals surface area contributed by atoms with Gasteiger partial charge in [-0.05, 0) is 0 Å². The number of hydrogen-bond acceptors (Lipinski definition) is 0. The molecule has 0 atom stereocenters. The monoisotopic (exact) mass is 236 g/mol. The Morgan fingerprint density at radius 1 is 0.923 bits per heavy atom. The number of rotatable bonds is 2. The summed E-state index contributed by atoms with van der Waals surface area (Å²) in [5, 5.41) is 0. The van der Waals surface area contributed by atoms with E-state index < -0.39 is 0 Å². The van der Waals surface area contributed by atoms with Crippen molar-refractivity contribution in [1.82, 2.24) is 0 Å². The van der Waals surface area contributed by atoms with Crippen molar-refractivity contribution in [3.05, 3.63) is 29.3 Å². The first-order valence-electron chi connectivity index (χ1n) is 4.85. The van der Waals surface area contributed by atoms with Gasteiger partial charge in [0.2, 0.25) is 0 Å². The van der Waals surface area contributed by atoms with E-state index in [2.05, 4.69) is 62.7 Å². The first kappa shape index (κ1) is 10.9. The summed E-state index contributed by atoms with van der Waals surface area (Å²) in [6.07, 6.45) is 0. The summed E-state index contributed by atoms with van der Waals surface area (Å²) < 4.78 is 1.42. The Morgan fingerprint density at radius 3 is 1.62 bits per heavy atom. The molecule has 13 heavy (non-hydrogen) atoms. The quantitative estimate of drug-likeness (QED) is 0.692. The van der Waals surface area contributed by atoms with Crippen LogP contribution in [-0.2, 0) is 0 Å². The first-order valence-corrected chi connectivity index (χ1v) is 5.79. The second kappa shape index (κ2) is 4.33. The minimum absolute atomic E-state index is 0.622. The zero-order valence-electron chi connectivity index (χ0n) is 8.83. The van der Waals surface area contributed by atoms with Crippen LogP contribution < -0.4 is 4.35 Å². The van der Waals surface area contributed by atoms with Gasteiger partial charge in [0.1, 0.15) is 0 Å². The summed E-state index contributed by atoms with van der Waals surface area (Å²) in [5.41, 5.74) is 2.93. The SMILES string of the molecule is CC(C)c1cccc(C(C)C)c1[As]. The van der Waals surface area contributed by atoms with Crippen molar-refractivity contribution < 1.29 is 0 Å². The van der Waals surface area contributed by atoms with E-state index in [-0.39, 0.29) is 0 Å². The molecule has 0 aliphatic rings. The van der Waals surface area contributed by atoms with Crippen molar-refractivity contribution in [3.63, 3.8) is 0 Å². The molecule has 1 heteroatoms. The Labute approximate surface area is 90.2 Å². The summed E-state index contributed by atoms with van der Waals surface area (Å²) in [5.74, 6) is 1.24. The topological polar surface area (TPSA) is 0 Å². The van der Waals surface area contributed by atoms with Gasteiger partial charge in [-0.3, -0.25) is 0 Å². The molecular formula is C12H17As. The van der Waals surface area contributed by atoms with Gasteiger partial charge in [0.25, 0.3) is 0 Å². The molecule has 0 saturated heterocycles. The molecule has 1 aromatic carbocycles. The van der Waals surface area contributed by atoms with Crippen LogP contribution in [0.5, 0.6) is 0 Å². The molecule has 70 valence electrons. The average molecular weight is 236 g/mol. The standard InChI is InChI=1S/C12H17As/c1-8(2)10-6-5-7-11(9(3)4)12(10)13/h5-9H,1-4H3. The van der Waals surface area contributed by atoms with Gasteiger partial charge in [-0.2, -0.15) is 0 Å². The van der Waals surface area contributed by atoms with Crippen molar-refractivity contribution in [3.8, 4) is 0 Å². The maximum atomic E-state index is 2.72. The van der Waals surface area contributed by atoms with Gasteiger partial charge >= 0.3 is 90.1 Å². The Morgan fingerprint density at radius 2 is 1.31 bits per heavy atom. The van der Waals surface area contributed by atoms with E-state index in [4.69, 9.17) is 0 Å². The fourth-order valence-corrected chi connectivity index (χ4v) is 2.91. The molecule has 0 amide bonds. The van der Waals surface area contributed by atoms with Crippen LogP contribution in [0.25, 0.3) is 0 Å². The molecule has 0 spiro atoms. The maximum absolute atomic E-state index is 2.72. The third-order valence-electron chi connectivity index (χ3n) is 2.34. The second-order valence-corrected chi connectivity index (χ2v) is 5.03. The Balaban J connectivity index is 3.18. The van der Waals surface area contributed by atoms with Gasteiger partial charge < -0.3 is 0 Å². The molecule has 0 saturated carbocycles. The molecule has 1 aromatic rings. The van der Waals surface area contributed by atoms with Gasteiger partial charge in [0.05, 0.1) is 0 Å². The molecule has 0 fully saturated rings. The summed E-state index contributed by atoms with van der Waals surface area (Å²) in [6.45, 7) is 8.99. The summed E-state index contributed by atoms with van der Waals surface area (Å²) >= 11 is 2.72. The molecule has 2 radical (unpaired) electrons. The number of benzene rings is 1. The minimum atomic E-state index is 0.622. The van der Waals surface area contributed by atoms with Crippen molar-refractivity contribution >= 4 is 21.2 Å². The fourth-order valence-electron chi connectivity index (χ4n) is 1.51. The van der Waals surface area contributed by atoms with Crippen LogP contribution in [0.3, 0.4) is 0 Å². The van der Waals surface area contributed by atoms with E-state index in [9.17, 15) is 0 Å². The Hall–Kier alpha value is -0.222. The van der Waals surface area contributed by atoms with Crippen LogP contribution in [0.15, 0.2) is 18.2 Å². The van der Waals surface area contributed by atoms with Crippen molar-refractivity contribution in [2.24, 2.45) is 0 Å². The van der Waals surface area contributed by atoms with Crippen LogP contribution in [0, 0.1) is 0 Å². The van der Waals surface area contributed by atoms with Crippen LogP contribution in [-0.4, -0.2) is 16.9 Å². The molecule has 0 aliphatic carbocycles. The van der Waals surface area contributed by atoms with Gasteiger partial charge in [-0.15, -0.1) is 0 Å². The van der Waals surface area contributed by atoms with Crippen LogP contribution in [0.4, 0.5) is 0 Å². The van der Waals surface area contributed by atoms with Crippen LogP contribution in [0.2, 0.25) is 0 Å². The Bertz CT molecular complexity index is 261. The summed E-state index contributed by atoms with van der Waals surface area (Å²) in [6, 6.07) is 6.62. The van der Waals surface area contributed by atoms with E-state index in [1.54, 1.807) is 0 Å². The van der Waals surface area contributed by atoms with Gasteiger partial charge in [-0.25, -0.2) is 0 Å². The van der Waals surface area contributed by atoms with E-state index in [1.165, 1.54) is 15.5 Å². The number of hydrogen-bond donors (Lipinski definition) is 0. The molecular weight excluding hydrogens is 219 g/mol. The molecule has 1 rings (SSSR count). The van der Waals surface area contributed by atoms with E-state index in [0.717, 1.165) is 0 Å². The zero-order valence-corrected chi connectivity index (χ0v) is 10.7. The van der Waals surface area contributed by atoms with E-state index in [0.29, 0.717) is 11.8 Å². The Kier molecular flexibility index (Phi) is 3.62. The van der Waals surface area contributed by atoms with Crippen molar-refractivity contribution in [2.45, 2.75) is 39.5 Å². The van der Waals surface area contributed by atoms with Gasteiger partial charge in [0.15, 0.2) is 0 Å². The normalized spacial score (nSPS) is 11.3. The predicted molar refractivity (Wildman–Crippen MR) is 60.0 cm³/mol. The van der Waals surface area contributed by atoms with Crippen LogP contribution >= 0.6 is 0 Å². The summed E-state index contributed by atoms with van der Waals surface area (Å²) in [7, 11) is 0. The fraction of sp³-hybridized carbons (Fsp3) is 0.500. The molecule has 0 nitrogen and oxygen atoms in total. The third kappa shape index (κ3) is 2.37. The van der Waals surface area contributed by atoms with E-state index >= 15 is 0 Å². The summed E-state index contributed by atoms with van der Waals surface area (Å²) in [4.78, 5) is 0. The van der Waals surface area contributed by atoms with Crippen molar-refractivity contribution in [1.29, 1.82) is 0 Å².